The summed E-state index contributed by atoms with van der Waals surface area (Å²) in [5.74, 6) is 1.36. The summed E-state index contributed by atoms with van der Waals surface area (Å²) in [5.41, 5.74) is 2.78. The molecule has 3 aromatic heterocycles. The van der Waals surface area contributed by atoms with Crippen LogP contribution in [0.2, 0.25) is 0 Å². The second kappa shape index (κ2) is 7.33. The second-order valence-electron chi connectivity index (χ2n) is 7.73. The SMILES string of the molecule is COc1ccc(C=NOCc2nc3c4c5c(sc4ncn3n2)COC(C)(C)C5)cc1. The minimum absolute atomic E-state index is 0.177. The van der Waals surface area contributed by atoms with Crippen LogP contribution in [-0.4, -0.2) is 38.5 Å². The lowest BCUT2D eigenvalue weighted by molar-refractivity contribution is -0.0379. The number of hydrogen-bond donors (Lipinski definition) is 0. The molecular formula is C21H21N5O3S. The number of fused-ring (bicyclic) bond motifs is 5. The molecule has 9 heteroatoms. The maximum absolute atomic E-state index is 5.95. The number of oxime groups is 1. The number of rotatable bonds is 5. The predicted molar refractivity (Wildman–Crippen MR) is 114 cm³/mol. The van der Waals surface area contributed by atoms with E-state index in [2.05, 4.69) is 29.1 Å². The normalized spacial score (nSPS) is 15.7. The molecule has 0 aliphatic carbocycles. The van der Waals surface area contributed by atoms with E-state index in [0.717, 1.165) is 33.6 Å². The lowest BCUT2D eigenvalue weighted by atomic mass is 9.94. The summed E-state index contributed by atoms with van der Waals surface area (Å²) in [7, 11) is 1.64. The van der Waals surface area contributed by atoms with Gasteiger partial charge in [-0.05, 0) is 49.2 Å². The average Bonchev–Trinajstić information content (AvgIpc) is 3.31. The zero-order valence-electron chi connectivity index (χ0n) is 17.0. The van der Waals surface area contributed by atoms with Crippen LogP contribution in [-0.2, 0) is 29.2 Å². The summed E-state index contributed by atoms with van der Waals surface area (Å²) in [6, 6.07) is 7.55. The van der Waals surface area contributed by atoms with Gasteiger partial charge in [0, 0.05) is 11.3 Å². The van der Waals surface area contributed by atoms with Crippen molar-refractivity contribution in [3.05, 3.63) is 52.4 Å². The lowest BCUT2D eigenvalue weighted by Gasteiger charge is -2.30. The van der Waals surface area contributed by atoms with Crippen LogP contribution in [0, 0.1) is 0 Å². The molecular weight excluding hydrogens is 402 g/mol. The predicted octanol–water partition coefficient (Wildman–Crippen LogP) is 3.75. The molecule has 0 bridgehead atoms. The van der Waals surface area contributed by atoms with Gasteiger partial charge in [0.2, 0.25) is 0 Å². The van der Waals surface area contributed by atoms with Crippen molar-refractivity contribution in [3.8, 4) is 5.75 Å². The minimum atomic E-state index is -0.198. The highest BCUT2D eigenvalue weighted by Gasteiger charge is 2.30. The Morgan fingerprint density at radius 2 is 2.13 bits per heavy atom. The Morgan fingerprint density at radius 3 is 2.93 bits per heavy atom. The number of benzene rings is 1. The van der Waals surface area contributed by atoms with E-state index < -0.39 is 0 Å². The van der Waals surface area contributed by atoms with Crippen LogP contribution in [0.15, 0.2) is 35.7 Å². The largest absolute Gasteiger partial charge is 0.497 e. The molecule has 5 rings (SSSR count). The van der Waals surface area contributed by atoms with Crippen molar-refractivity contribution in [3.63, 3.8) is 0 Å². The summed E-state index contributed by atoms with van der Waals surface area (Å²) in [6.07, 6.45) is 4.17. The van der Waals surface area contributed by atoms with Crippen LogP contribution in [0.3, 0.4) is 0 Å². The molecule has 4 heterocycles. The van der Waals surface area contributed by atoms with Gasteiger partial charge in [-0.3, -0.25) is 0 Å². The first-order valence-electron chi connectivity index (χ1n) is 9.60. The topological polar surface area (TPSA) is 83.1 Å². The Morgan fingerprint density at radius 1 is 1.30 bits per heavy atom. The van der Waals surface area contributed by atoms with Crippen molar-refractivity contribution >= 4 is 33.4 Å². The lowest BCUT2D eigenvalue weighted by Crippen LogP contribution is -2.31. The number of nitrogens with zero attached hydrogens (tertiary/aromatic N) is 5. The Kier molecular flexibility index (Phi) is 4.63. The molecule has 0 atom stereocenters. The number of hydrogen-bond acceptors (Lipinski definition) is 8. The second-order valence-corrected chi connectivity index (χ2v) is 8.81. The van der Waals surface area contributed by atoms with Gasteiger partial charge in [0.15, 0.2) is 18.1 Å². The standard InChI is InChI=1S/C21H21N5O3S/c1-21(2)8-15-16(10-28-21)30-20-18(15)19-24-17(25-26(19)12-22-20)11-29-23-9-13-4-6-14(27-3)7-5-13/h4-7,9,12H,8,10-11H2,1-3H3. The first-order valence-corrected chi connectivity index (χ1v) is 10.4. The van der Waals surface area contributed by atoms with E-state index in [1.807, 2.05) is 24.3 Å². The third-order valence-electron chi connectivity index (χ3n) is 5.04. The number of thiophene rings is 1. The van der Waals surface area contributed by atoms with Gasteiger partial charge in [-0.15, -0.1) is 16.4 Å². The molecule has 0 saturated carbocycles. The highest BCUT2D eigenvalue weighted by Crippen LogP contribution is 2.39. The van der Waals surface area contributed by atoms with Gasteiger partial charge in [0.1, 0.15) is 16.9 Å². The van der Waals surface area contributed by atoms with Crippen molar-refractivity contribution in [1.82, 2.24) is 19.6 Å². The molecule has 0 radical (unpaired) electrons. The fourth-order valence-electron chi connectivity index (χ4n) is 3.53. The molecule has 0 N–H and O–H groups in total. The maximum Gasteiger partial charge on any atom is 0.192 e. The summed E-state index contributed by atoms with van der Waals surface area (Å²) >= 11 is 1.67. The van der Waals surface area contributed by atoms with Crippen LogP contribution >= 0.6 is 11.3 Å². The first-order chi connectivity index (χ1) is 14.5. The van der Waals surface area contributed by atoms with E-state index in [1.165, 1.54) is 10.4 Å². The minimum Gasteiger partial charge on any atom is -0.497 e. The Bertz CT molecular complexity index is 1240. The van der Waals surface area contributed by atoms with Crippen LogP contribution < -0.4 is 4.74 Å². The molecule has 1 aliphatic heterocycles. The van der Waals surface area contributed by atoms with Crippen LogP contribution in [0.25, 0.3) is 15.9 Å². The molecule has 1 aromatic carbocycles. The van der Waals surface area contributed by atoms with Crippen molar-refractivity contribution in [1.29, 1.82) is 0 Å². The molecule has 0 spiro atoms. The van der Waals surface area contributed by atoms with Crippen molar-refractivity contribution in [2.75, 3.05) is 7.11 Å². The highest BCUT2D eigenvalue weighted by molar-refractivity contribution is 7.19. The summed E-state index contributed by atoms with van der Waals surface area (Å²) in [6.45, 7) is 5.00. The third-order valence-corrected chi connectivity index (χ3v) is 6.15. The van der Waals surface area contributed by atoms with Gasteiger partial charge < -0.3 is 14.3 Å². The molecule has 8 nitrogen and oxygen atoms in total. The van der Waals surface area contributed by atoms with E-state index >= 15 is 0 Å². The van der Waals surface area contributed by atoms with Gasteiger partial charge in [0.05, 0.1) is 30.9 Å². The summed E-state index contributed by atoms with van der Waals surface area (Å²) < 4.78 is 12.8. The Balaban J connectivity index is 1.37. The molecule has 0 saturated heterocycles. The van der Waals surface area contributed by atoms with Crippen LogP contribution in [0.4, 0.5) is 0 Å². The van der Waals surface area contributed by atoms with E-state index in [4.69, 9.17) is 19.3 Å². The van der Waals surface area contributed by atoms with Crippen molar-refractivity contribution in [2.24, 2.45) is 5.16 Å². The number of ether oxygens (including phenoxy) is 2. The van der Waals surface area contributed by atoms with E-state index in [1.54, 1.807) is 35.5 Å². The van der Waals surface area contributed by atoms with E-state index in [9.17, 15) is 0 Å². The third kappa shape index (κ3) is 3.50. The molecule has 0 unspecified atom stereocenters. The molecule has 30 heavy (non-hydrogen) atoms. The molecule has 4 aromatic rings. The first kappa shape index (κ1) is 19.0. The van der Waals surface area contributed by atoms with Gasteiger partial charge in [-0.2, -0.15) is 0 Å². The van der Waals surface area contributed by atoms with Crippen molar-refractivity contribution in [2.45, 2.75) is 39.1 Å². The van der Waals surface area contributed by atoms with Gasteiger partial charge in [0.25, 0.3) is 0 Å². The summed E-state index contributed by atoms with van der Waals surface area (Å²) in [5, 5.41) is 9.58. The van der Waals surface area contributed by atoms with Crippen molar-refractivity contribution < 1.29 is 14.3 Å². The Hall–Kier alpha value is -3.04. The van der Waals surface area contributed by atoms with E-state index in [0.29, 0.717) is 12.4 Å². The molecule has 1 aliphatic rings. The fourth-order valence-corrected chi connectivity index (χ4v) is 4.60. The average molecular weight is 423 g/mol. The zero-order chi connectivity index (χ0) is 20.7. The molecule has 154 valence electrons. The number of methoxy groups -OCH3 is 1. The summed E-state index contributed by atoms with van der Waals surface area (Å²) in [4.78, 5) is 16.9. The van der Waals surface area contributed by atoms with Gasteiger partial charge >= 0.3 is 0 Å². The number of aromatic nitrogens is 4. The van der Waals surface area contributed by atoms with Crippen LogP contribution in [0.1, 0.15) is 35.7 Å². The quantitative estimate of drug-likeness (QED) is 0.359. The van der Waals surface area contributed by atoms with Crippen LogP contribution in [0.5, 0.6) is 5.75 Å². The highest BCUT2D eigenvalue weighted by atomic mass is 32.1. The fraction of sp³-hybridized carbons (Fsp3) is 0.333. The monoisotopic (exact) mass is 423 g/mol. The smallest absolute Gasteiger partial charge is 0.192 e. The van der Waals surface area contributed by atoms with Gasteiger partial charge in [-0.25, -0.2) is 14.5 Å². The molecule has 0 fully saturated rings. The Labute approximate surface area is 177 Å². The van der Waals surface area contributed by atoms with Gasteiger partial charge in [-0.1, -0.05) is 5.16 Å². The maximum atomic E-state index is 5.95. The molecule has 0 amide bonds. The zero-order valence-corrected chi connectivity index (χ0v) is 17.8. The van der Waals surface area contributed by atoms with E-state index in [-0.39, 0.29) is 12.2 Å².